The molecule has 0 spiro atoms. The minimum atomic E-state index is -1.28. The number of halogens is 3. The average molecular weight is 269 g/mol. The van der Waals surface area contributed by atoms with E-state index in [-0.39, 0.29) is 23.4 Å². The van der Waals surface area contributed by atoms with Crippen molar-refractivity contribution in [3.8, 4) is 11.1 Å². The predicted octanol–water partition coefficient (Wildman–Crippen LogP) is 3.28. The molecule has 2 rings (SSSR count). The summed E-state index contributed by atoms with van der Waals surface area (Å²) in [6.45, 7) is 1.77. The second kappa shape index (κ2) is 5.17. The molecule has 1 aromatic carbocycles. The van der Waals surface area contributed by atoms with Gasteiger partial charge in [-0.2, -0.15) is 0 Å². The van der Waals surface area contributed by atoms with Gasteiger partial charge in [-0.05, 0) is 19.1 Å². The molecule has 19 heavy (non-hydrogen) atoms. The van der Waals surface area contributed by atoms with Crippen LogP contribution in [0.1, 0.15) is 17.4 Å². The lowest BCUT2D eigenvalue weighted by Crippen LogP contribution is -2.07. The zero-order valence-corrected chi connectivity index (χ0v) is 9.97. The Bertz CT molecular complexity index is 622. The van der Waals surface area contributed by atoms with Gasteiger partial charge in [-0.15, -0.1) is 0 Å². The lowest BCUT2D eigenvalue weighted by Gasteiger charge is -2.06. The number of carbonyl (C=O) groups is 1. The van der Waals surface area contributed by atoms with Crippen LogP contribution in [0.15, 0.2) is 24.4 Å². The summed E-state index contributed by atoms with van der Waals surface area (Å²) in [5, 5.41) is 0. The van der Waals surface area contributed by atoms with E-state index in [1.54, 1.807) is 6.92 Å². The van der Waals surface area contributed by atoms with E-state index in [1.165, 1.54) is 12.3 Å². The number of esters is 1. The number of aromatic amines is 1. The van der Waals surface area contributed by atoms with Crippen molar-refractivity contribution < 1.29 is 22.7 Å². The molecule has 1 aromatic heterocycles. The minimum absolute atomic E-state index is 0.00763. The van der Waals surface area contributed by atoms with Gasteiger partial charge in [-0.25, -0.2) is 18.0 Å². The summed E-state index contributed by atoms with van der Waals surface area (Å²) < 4.78 is 44.5. The highest BCUT2D eigenvalue weighted by Gasteiger charge is 2.19. The number of carbonyl (C=O) groups excluding carboxylic acids is 1. The molecule has 1 heterocycles. The van der Waals surface area contributed by atoms with Crippen LogP contribution in [0.25, 0.3) is 11.1 Å². The second-order valence-corrected chi connectivity index (χ2v) is 3.73. The van der Waals surface area contributed by atoms with Gasteiger partial charge in [0.1, 0.15) is 11.5 Å². The number of aromatic nitrogens is 1. The van der Waals surface area contributed by atoms with Crippen LogP contribution in [0.5, 0.6) is 0 Å². The van der Waals surface area contributed by atoms with Crippen molar-refractivity contribution in [2.45, 2.75) is 6.92 Å². The van der Waals surface area contributed by atoms with E-state index in [0.717, 1.165) is 0 Å². The zero-order valence-electron chi connectivity index (χ0n) is 9.97. The van der Waals surface area contributed by atoms with E-state index in [1.807, 2.05) is 0 Å². The van der Waals surface area contributed by atoms with Crippen molar-refractivity contribution >= 4 is 5.97 Å². The van der Waals surface area contributed by atoms with E-state index >= 15 is 0 Å². The molecule has 100 valence electrons. The van der Waals surface area contributed by atoms with Gasteiger partial charge in [-0.3, -0.25) is 0 Å². The third-order valence-corrected chi connectivity index (χ3v) is 2.53. The first-order valence-corrected chi connectivity index (χ1v) is 5.54. The number of rotatable bonds is 3. The smallest absolute Gasteiger partial charge is 0.355 e. The summed E-state index contributed by atoms with van der Waals surface area (Å²) in [7, 11) is 0. The molecular formula is C13H10F3NO2. The normalized spacial score (nSPS) is 10.5. The molecule has 1 N–H and O–H groups in total. The summed E-state index contributed by atoms with van der Waals surface area (Å²) in [5.74, 6) is -4.11. The van der Waals surface area contributed by atoms with Crippen molar-refractivity contribution in [3.05, 3.63) is 47.5 Å². The summed E-state index contributed by atoms with van der Waals surface area (Å²) >= 11 is 0. The molecule has 0 unspecified atom stereocenters. The Kier molecular flexibility index (Phi) is 3.59. The van der Waals surface area contributed by atoms with Crippen LogP contribution in [0.2, 0.25) is 0 Å². The monoisotopic (exact) mass is 269 g/mol. The van der Waals surface area contributed by atoms with Crippen molar-refractivity contribution in [2.75, 3.05) is 6.61 Å². The standard InChI is InChI=1S/C13H10F3NO2/c1-2-19-13(18)12-7(3-4-17-12)8-5-10(15)11(16)6-9(8)14/h3-6,17H,2H2,1H3. The molecule has 0 bridgehead atoms. The molecule has 2 aromatic rings. The maximum absolute atomic E-state index is 13.7. The predicted molar refractivity (Wildman–Crippen MR) is 62.1 cm³/mol. The SMILES string of the molecule is CCOC(=O)c1[nH]ccc1-c1cc(F)c(F)cc1F. The lowest BCUT2D eigenvalue weighted by atomic mass is 10.1. The Hall–Kier alpha value is -2.24. The van der Waals surface area contributed by atoms with E-state index in [4.69, 9.17) is 4.74 Å². The van der Waals surface area contributed by atoms with Crippen LogP contribution < -0.4 is 0 Å². The van der Waals surface area contributed by atoms with Gasteiger partial charge < -0.3 is 9.72 Å². The molecule has 0 saturated carbocycles. The third kappa shape index (κ3) is 2.47. The Morgan fingerprint density at radius 1 is 1.16 bits per heavy atom. The lowest BCUT2D eigenvalue weighted by molar-refractivity contribution is 0.0521. The molecule has 0 radical (unpaired) electrons. The van der Waals surface area contributed by atoms with Gasteiger partial charge in [0.15, 0.2) is 11.6 Å². The molecule has 0 amide bonds. The maximum atomic E-state index is 13.7. The van der Waals surface area contributed by atoms with Gasteiger partial charge in [0.05, 0.1) is 6.61 Å². The topological polar surface area (TPSA) is 42.1 Å². The van der Waals surface area contributed by atoms with E-state index in [9.17, 15) is 18.0 Å². The first-order valence-electron chi connectivity index (χ1n) is 5.54. The number of hydrogen-bond acceptors (Lipinski definition) is 2. The Balaban J connectivity index is 2.51. The summed E-state index contributed by atoms with van der Waals surface area (Å²) in [5.41, 5.74) is -0.0928. The van der Waals surface area contributed by atoms with Crippen LogP contribution in [0, 0.1) is 17.5 Å². The van der Waals surface area contributed by atoms with Crippen LogP contribution in [0.4, 0.5) is 13.2 Å². The highest BCUT2D eigenvalue weighted by atomic mass is 19.2. The quantitative estimate of drug-likeness (QED) is 0.686. The van der Waals surface area contributed by atoms with Crippen molar-refractivity contribution in [2.24, 2.45) is 0 Å². The molecular weight excluding hydrogens is 259 g/mol. The number of H-pyrrole nitrogens is 1. The van der Waals surface area contributed by atoms with E-state index < -0.39 is 23.4 Å². The fourth-order valence-corrected chi connectivity index (χ4v) is 1.69. The second-order valence-electron chi connectivity index (χ2n) is 3.73. The van der Waals surface area contributed by atoms with Gasteiger partial charge in [0.2, 0.25) is 0 Å². The summed E-state index contributed by atoms with van der Waals surface area (Å²) in [6, 6.07) is 2.53. The summed E-state index contributed by atoms with van der Waals surface area (Å²) in [6.07, 6.45) is 1.39. The zero-order chi connectivity index (χ0) is 14.0. The largest absolute Gasteiger partial charge is 0.461 e. The maximum Gasteiger partial charge on any atom is 0.355 e. The fraction of sp³-hybridized carbons (Fsp3) is 0.154. The highest BCUT2D eigenvalue weighted by molar-refractivity contribution is 5.95. The van der Waals surface area contributed by atoms with Gasteiger partial charge in [0, 0.05) is 23.4 Å². The average Bonchev–Trinajstić information content (AvgIpc) is 2.83. The number of benzene rings is 1. The van der Waals surface area contributed by atoms with Crippen LogP contribution in [-0.2, 0) is 4.74 Å². The Labute approximate surface area is 107 Å². The first-order chi connectivity index (χ1) is 9.04. The molecule has 6 heteroatoms. The Morgan fingerprint density at radius 2 is 1.84 bits per heavy atom. The fourth-order valence-electron chi connectivity index (χ4n) is 1.69. The molecule has 0 aliphatic rings. The van der Waals surface area contributed by atoms with Gasteiger partial charge in [0.25, 0.3) is 0 Å². The first kappa shape index (κ1) is 13.2. The third-order valence-electron chi connectivity index (χ3n) is 2.53. The van der Waals surface area contributed by atoms with Crippen LogP contribution in [0.3, 0.4) is 0 Å². The number of hydrogen-bond donors (Lipinski definition) is 1. The van der Waals surface area contributed by atoms with Crippen molar-refractivity contribution in [1.82, 2.24) is 4.98 Å². The van der Waals surface area contributed by atoms with Crippen LogP contribution in [-0.4, -0.2) is 17.6 Å². The molecule has 0 atom stereocenters. The molecule has 0 aliphatic carbocycles. The Morgan fingerprint density at radius 3 is 2.53 bits per heavy atom. The van der Waals surface area contributed by atoms with Gasteiger partial charge in [-0.1, -0.05) is 0 Å². The van der Waals surface area contributed by atoms with Gasteiger partial charge >= 0.3 is 5.97 Å². The number of ether oxygens (including phenoxy) is 1. The molecule has 3 nitrogen and oxygen atoms in total. The van der Waals surface area contributed by atoms with E-state index in [2.05, 4.69) is 4.98 Å². The minimum Gasteiger partial charge on any atom is -0.461 e. The highest BCUT2D eigenvalue weighted by Crippen LogP contribution is 2.28. The van der Waals surface area contributed by atoms with Crippen molar-refractivity contribution in [3.63, 3.8) is 0 Å². The van der Waals surface area contributed by atoms with Crippen molar-refractivity contribution in [1.29, 1.82) is 0 Å². The van der Waals surface area contributed by atoms with E-state index in [0.29, 0.717) is 12.1 Å². The summed E-state index contributed by atoms with van der Waals surface area (Å²) in [4.78, 5) is 14.2. The molecule has 0 saturated heterocycles. The number of nitrogens with one attached hydrogen (secondary N) is 1. The van der Waals surface area contributed by atoms with Crippen LogP contribution >= 0.6 is 0 Å². The molecule has 0 aliphatic heterocycles. The molecule has 0 fully saturated rings.